The molecule has 1 amide bonds. The van der Waals surface area contributed by atoms with Crippen molar-refractivity contribution >= 4 is 12.4 Å². The van der Waals surface area contributed by atoms with Gasteiger partial charge in [0, 0.05) is 26.8 Å². The molecule has 0 saturated heterocycles. The van der Waals surface area contributed by atoms with E-state index in [4.69, 9.17) is 14.3 Å². The topological polar surface area (TPSA) is 107 Å². The van der Waals surface area contributed by atoms with E-state index in [1.807, 2.05) is 48.5 Å². The number of aliphatic hydroxyl groups excluding tert-OH is 1. The monoisotopic (exact) mass is 504 g/mol. The fourth-order valence-corrected chi connectivity index (χ4v) is 3.18. The lowest BCUT2D eigenvalue weighted by atomic mass is 10.0. The van der Waals surface area contributed by atoms with Gasteiger partial charge in [-0.2, -0.15) is 0 Å². The molecule has 0 aliphatic carbocycles. The number of alkyl carbamates (subject to hydrolysis) is 1. The summed E-state index contributed by atoms with van der Waals surface area (Å²) in [4.78, 5) is 29.1. The molecule has 0 aliphatic rings. The summed E-state index contributed by atoms with van der Waals surface area (Å²) in [6.07, 6.45) is 0.138. The molecule has 0 radical (unpaired) electrons. The number of methoxy groups -OCH3 is 2. The van der Waals surface area contributed by atoms with Crippen molar-refractivity contribution in [3.8, 4) is 11.5 Å². The highest BCUT2D eigenvalue weighted by Gasteiger charge is 2.26. The molecule has 3 unspecified atom stereocenters. The molecule has 0 bridgehead atoms. The van der Waals surface area contributed by atoms with Crippen LogP contribution in [0.3, 0.4) is 0 Å². The van der Waals surface area contributed by atoms with E-state index in [9.17, 15) is 14.7 Å². The molecule has 0 spiro atoms. The highest BCUT2D eigenvalue weighted by atomic mass is 16.7. The molecule has 0 heterocycles. The highest BCUT2D eigenvalue weighted by Crippen LogP contribution is 2.20. The smallest absolute Gasteiger partial charge is 0.408 e. The average molecular weight is 505 g/mol. The summed E-state index contributed by atoms with van der Waals surface area (Å²) in [5.41, 5.74) is 0.944. The first-order valence-corrected chi connectivity index (χ1v) is 12.0. The second-order valence-corrected chi connectivity index (χ2v) is 8.17. The van der Waals surface area contributed by atoms with Crippen LogP contribution in [0.25, 0.3) is 0 Å². The molecule has 36 heavy (non-hydrogen) atoms. The molecule has 9 heteroatoms. The minimum absolute atomic E-state index is 0.151. The van der Waals surface area contributed by atoms with Crippen molar-refractivity contribution in [1.29, 1.82) is 0 Å². The number of benzene rings is 2. The number of amides is 1. The van der Waals surface area contributed by atoms with Crippen LogP contribution in [0.4, 0.5) is 4.79 Å². The van der Waals surface area contributed by atoms with E-state index in [1.165, 1.54) is 6.92 Å². The number of ether oxygens (including phenoxy) is 3. The molecular formula is C27H40N2O7. The summed E-state index contributed by atoms with van der Waals surface area (Å²) >= 11 is 0. The van der Waals surface area contributed by atoms with Gasteiger partial charge in [-0.1, -0.05) is 49.7 Å². The molecule has 9 nitrogen and oxygen atoms in total. The number of hydroxylamine groups is 2. The normalized spacial score (nSPS) is 13.0. The number of carbonyl (C=O) groups is 2. The summed E-state index contributed by atoms with van der Waals surface area (Å²) in [5.74, 6) is 1.25. The van der Waals surface area contributed by atoms with Gasteiger partial charge >= 0.3 is 6.09 Å². The third kappa shape index (κ3) is 12.5. The molecule has 2 rings (SSSR count). The van der Waals surface area contributed by atoms with Gasteiger partial charge < -0.3 is 29.5 Å². The van der Waals surface area contributed by atoms with Crippen LogP contribution in [0.5, 0.6) is 11.5 Å². The van der Waals surface area contributed by atoms with Crippen molar-refractivity contribution in [2.45, 2.75) is 51.4 Å². The van der Waals surface area contributed by atoms with Gasteiger partial charge in [0.25, 0.3) is 0 Å². The van der Waals surface area contributed by atoms with Gasteiger partial charge in [-0.3, -0.25) is 4.79 Å². The number of rotatable bonds is 14. The van der Waals surface area contributed by atoms with Crippen molar-refractivity contribution in [2.24, 2.45) is 0 Å². The van der Waals surface area contributed by atoms with Crippen LogP contribution in [0.15, 0.2) is 54.6 Å². The quantitative estimate of drug-likeness (QED) is 0.297. The van der Waals surface area contributed by atoms with Crippen molar-refractivity contribution in [3.63, 3.8) is 0 Å². The Labute approximate surface area is 214 Å². The van der Waals surface area contributed by atoms with Crippen LogP contribution >= 0.6 is 0 Å². The van der Waals surface area contributed by atoms with Gasteiger partial charge in [-0.15, -0.1) is 5.06 Å². The van der Waals surface area contributed by atoms with Gasteiger partial charge in [-0.25, -0.2) is 4.79 Å². The number of hydrogen-bond donors (Lipinski definition) is 2. The number of unbranched alkanes of at least 4 members (excludes halogenated alkanes) is 1. The second kappa shape index (κ2) is 18.2. The first-order valence-electron chi connectivity index (χ1n) is 12.0. The zero-order chi connectivity index (χ0) is 26.8. The summed E-state index contributed by atoms with van der Waals surface area (Å²) in [6.45, 7) is 4.29. The zero-order valence-corrected chi connectivity index (χ0v) is 21.9. The molecule has 0 aliphatic heterocycles. The highest BCUT2D eigenvalue weighted by molar-refractivity contribution is 5.71. The molecule has 2 aromatic carbocycles. The Morgan fingerprint density at radius 2 is 1.75 bits per heavy atom. The summed E-state index contributed by atoms with van der Waals surface area (Å²) in [7, 11) is 4.84. The Kier molecular flexibility index (Phi) is 15.6. The third-order valence-corrected chi connectivity index (χ3v) is 4.98. The number of nitrogens with one attached hydrogen (secondary N) is 1. The summed E-state index contributed by atoms with van der Waals surface area (Å²) in [5, 5.41) is 15.5. The molecule has 2 N–H and O–H groups in total. The van der Waals surface area contributed by atoms with E-state index >= 15 is 0 Å². The second-order valence-electron chi connectivity index (χ2n) is 8.17. The van der Waals surface area contributed by atoms with E-state index in [-0.39, 0.29) is 6.54 Å². The first kappa shape index (κ1) is 30.9. The average Bonchev–Trinajstić information content (AvgIpc) is 2.87. The van der Waals surface area contributed by atoms with E-state index < -0.39 is 24.3 Å². The van der Waals surface area contributed by atoms with Crippen molar-refractivity contribution in [3.05, 3.63) is 60.2 Å². The fraction of sp³-hybridized carbons (Fsp3) is 0.481. The molecule has 0 aromatic heterocycles. The zero-order valence-electron chi connectivity index (χ0n) is 21.9. The molecule has 200 valence electrons. The van der Waals surface area contributed by atoms with Crippen molar-refractivity contribution in [2.75, 3.05) is 34.4 Å². The Morgan fingerprint density at radius 3 is 2.36 bits per heavy atom. The van der Waals surface area contributed by atoms with Crippen LogP contribution in [-0.2, 0) is 20.7 Å². The van der Waals surface area contributed by atoms with Crippen LogP contribution < -0.4 is 14.9 Å². The predicted molar refractivity (Wildman–Crippen MR) is 138 cm³/mol. The number of aldehydes is 1. The van der Waals surface area contributed by atoms with E-state index in [0.29, 0.717) is 30.8 Å². The number of carbonyl (C=O) groups excluding carboxylic acids is 2. The van der Waals surface area contributed by atoms with Gasteiger partial charge in [0.15, 0.2) is 18.1 Å². The molecule has 0 fully saturated rings. The third-order valence-electron chi connectivity index (χ3n) is 4.98. The van der Waals surface area contributed by atoms with E-state index in [0.717, 1.165) is 18.4 Å². The Morgan fingerprint density at radius 1 is 1.08 bits per heavy atom. The first-order chi connectivity index (χ1) is 17.4. The summed E-state index contributed by atoms with van der Waals surface area (Å²) in [6, 6.07) is 16.1. The Balaban J connectivity index is 0.00000205. The minimum Gasteiger partial charge on any atom is -0.497 e. The number of aliphatic hydroxyl groups is 1. The number of nitrogens with zero attached hydrogens (tertiary/aromatic N) is 1. The Bertz CT molecular complexity index is 866. The van der Waals surface area contributed by atoms with Crippen molar-refractivity contribution < 1.29 is 33.7 Å². The molecule has 2 aromatic rings. The largest absolute Gasteiger partial charge is 0.497 e. The van der Waals surface area contributed by atoms with Gasteiger partial charge in [0.2, 0.25) is 0 Å². The molecule has 3 atom stereocenters. The Hall–Kier alpha value is -3.14. The van der Waals surface area contributed by atoms with Gasteiger partial charge in [0.05, 0.1) is 25.8 Å². The number of hydrogen-bond acceptors (Lipinski definition) is 8. The predicted octanol–water partition coefficient (Wildman–Crippen LogP) is 3.64. The fourth-order valence-electron chi connectivity index (χ4n) is 3.18. The molecule has 0 saturated carbocycles. The lowest BCUT2D eigenvalue weighted by molar-refractivity contribution is -0.114. The van der Waals surface area contributed by atoms with Gasteiger partial charge in [-0.05, 0) is 37.5 Å². The minimum atomic E-state index is -0.966. The van der Waals surface area contributed by atoms with Crippen LogP contribution in [0.1, 0.15) is 32.3 Å². The maximum Gasteiger partial charge on any atom is 0.408 e. The maximum absolute atomic E-state index is 12.3. The summed E-state index contributed by atoms with van der Waals surface area (Å²) < 4.78 is 14.5. The molecular weight excluding hydrogens is 464 g/mol. The lowest BCUT2D eigenvalue weighted by Crippen LogP contribution is -2.50. The van der Waals surface area contributed by atoms with Crippen LogP contribution in [0.2, 0.25) is 0 Å². The van der Waals surface area contributed by atoms with Crippen LogP contribution in [-0.4, -0.2) is 75.2 Å². The van der Waals surface area contributed by atoms with Gasteiger partial charge in [0.1, 0.15) is 5.75 Å². The standard InChI is InChI=1S/C25H34N2O6.C2H6O/c1-4-5-14-27(33-22-13-9-12-21(16-22)31-3)17-24(29)23(15-20-10-7-6-8-11-20)26-25(30)32-19(2)18-28;1-3-2/h6-13,16,18-19,23-24,29H,4-5,14-15,17H2,1-3H3,(H,26,30);1-2H3. The van der Waals surface area contributed by atoms with Crippen molar-refractivity contribution in [1.82, 2.24) is 10.4 Å². The maximum atomic E-state index is 12.3. The van der Waals surface area contributed by atoms with E-state index in [2.05, 4.69) is 17.0 Å². The lowest BCUT2D eigenvalue weighted by Gasteiger charge is -2.30. The van der Waals surface area contributed by atoms with E-state index in [1.54, 1.807) is 32.5 Å². The van der Waals surface area contributed by atoms with Crippen LogP contribution in [0, 0.1) is 0 Å². The SMILES string of the molecule is CCCCN(CC(O)C(Cc1ccccc1)NC(=O)OC(C)C=O)Oc1cccc(OC)c1.COC.